The topological polar surface area (TPSA) is 107 Å². The molecule has 0 unspecified atom stereocenters. The predicted molar refractivity (Wildman–Crippen MR) is 151 cm³/mol. The molecule has 1 N–H and O–H groups in total. The highest BCUT2D eigenvalue weighted by Gasteiger charge is 2.26. The number of ether oxygens (including phenoxy) is 2. The third kappa shape index (κ3) is 6.02. The molecule has 0 bridgehead atoms. The van der Waals surface area contributed by atoms with Gasteiger partial charge in [-0.25, -0.2) is 19.2 Å². The number of thiophene rings is 1. The van der Waals surface area contributed by atoms with Gasteiger partial charge in [-0.05, 0) is 69.6 Å². The number of aromatic carboxylic acids is 1. The highest BCUT2D eigenvalue weighted by molar-refractivity contribution is 7.14. The van der Waals surface area contributed by atoms with E-state index in [0.717, 1.165) is 72.8 Å². The molecule has 1 atom stereocenters. The number of likely N-dealkylation sites (tertiary alicyclic amines) is 1. The van der Waals surface area contributed by atoms with Crippen molar-refractivity contribution in [3.05, 3.63) is 75.1 Å². The van der Waals surface area contributed by atoms with Crippen molar-refractivity contribution in [1.82, 2.24) is 19.4 Å². The minimum atomic E-state index is -0.952. The molecular weight excluding hydrogens is 547 g/mol. The second kappa shape index (κ2) is 11.7. The molecule has 0 radical (unpaired) electrons. The van der Waals surface area contributed by atoms with Crippen LogP contribution in [-0.2, 0) is 24.4 Å². The van der Waals surface area contributed by atoms with Crippen molar-refractivity contribution < 1.29 is 28.6 Å². The van der Waals surface area contributed by atoms with Crippen molar-refractivity contribution >= 4 is 34.1 Å². The minimum absolute atomic E-state index is 0.0273. The minimum Gasteiger partial charge on any atom is -0.478 e. The van der Waals surface area contributed by atoms with Gasteiger partial charge in [-0.1, -0.05) is 6.07 Å². The molecule has 9 nitrogen and oxygen atoms in total. The molecule has 2 aliphatic heterocycles. The molecule has 5 heterocycles. The van der Waals surface area contributed by atoms with E-state index >= 15 is 0 Å². The summed E-state index contributed by atoms with van der Waals surface area (Å²) >= 11 is 1.11. The Morgan fingerprint density at radius 3 is 2.63 bits per heavy atom. The van der Waals surface area contributed by atoms with Gasteiger partial charge in [0, 0.05) is 24.3 Å². The number of nitrogens with zero attached hydrogens (tertiary/aromatic N) is 4. The number of fused-ring (bicyclic) bond motifs is 1. The van der Waals surface area contributed by atoms with Gasteiger partial charge in [0.25, 0.3) is 0 Å². The summed E-state index contributed by atoms with van der Waals surface area (Å²) in [6.07, 6.45) is 2.96. The average Bonchev–Trinajstić information content (AvgIpc) is 3.49. The van der Waals surface area contributed by atoms with E-state index in [1.165, 1.54) is 13.0 Å². The number of carbonyl (C=O) groups is 2. The van der Waals surface area contributed by atoms with Gasteiger partial charge in [0.1, 0.15) is 18.2 Å². The van der Waals surface area contributed by atoms with Gasteiger partial charge in [0.2, 0.25) is 5.88 Å². The van der Waals surface area contributed by atoms with Crippen LogP contribution in [0.2, 0.25) is 0 Å². The Morgan fingerprint density at radius 1 is 1.15 bits per heavy atom. The number of ketones is 1. The van der Waals surface area contributed by atoms with Crippen LogP contribution < -0.4 is 4.74 Å². The fraction of sp³-hybridized carbons (Fsp3) is 0.400. The first kappa shape index (κ1) is 27.5. The fourth-order valence-electron chi connectivity index (χ4n) is 5.41. The Labute approximate surface area is 240 Å². The van der Waals surface area contributed by atoms with Gasteiger partial charge in [-0.2, -0.15) is 0 Å². The van der Waals surface area contributed by atoms with E-state index < -0.39 is 11.8 Å². The molecule has 214 valence electrons. The SMILES string of the molecule is CC(=O)c1cc(F)c(COc2cccc(C3CCN(Cc4nc5ccc(C(=O)O)cc5n4C[C@@H]4CCO4)CC3)n2)s1. The van der Waals surface area contributed by atoms with Crippen LogP contribution in [-0.4, -0.2) is 62.1 Å². The summed E-state index contributed by atoms with van der Waals surface area (Å²) in [5.41, 5.74) is 2.82. The van der Waals surface area contributed by atoms with Crippen LogP contribution >= 0.6 is 11.3 Å². The monoisotopic (exact) mass is 578 g/mol. The first-order valence-corrected chi connectivity index (χ1v) is 14.6. The summed E-state index contributed by atoms with van der Waals surface area (Å²) in [6.45, 7) is 5.27. The number of Topliss-reactive ketones (excluding diaryl/α,β-unsaturated/α-hetero) is 1. The van der Waals surface area contributed by atoms with Crippen LogP contribution in [0.5, 0.6) is 5.88 Å². The standard InChI is InChI=1S/C30H31FN4O5S/c1-18(36)26-14-22(31)27(41-26)17-40-29-4-2-3-23(33-29)19-7-10-34(11-8-19)16-28-32-24-6-5-20(30(37)38)13-25(24)35(28)15-21-9-12-39-21/h2-6,13-14,19,21H,7-12,15-17H2,1H3,(H,37,38)/t21-/m0/s1. The lowest BCUT2D eigenvalue weighted by molar-refractivity contribution is -0.0592. The highest BCUT2D eigenvalue weighted by Crippen LogP contribution is 2.30. The van der Waals surface area contributed by atoms with Crippen LogP contribution in [0, 0.1) is 5.82 Å². The van der Waals surface area contributed by atoms with Crippen LogP contribution in [0.1, 0.15) is 68.5 Å². The van der Waals surface area contributed by atoms with Crippen LogP contribution in [0.15, 0.2) is 42.5 Å². The maximum atomic E-state index is 14.2. The molecule has 2 aliphatic rings. The summed E-state index contributed by atoms with van der Waals surface area (Å²) < 4.78 is 27.8. The van der Waals surface area contributed by atoms with E-state index in [0.29, 0.717) is 28.7 Å². The first-order valence-electron chi connectivity index (χ1n) is 13.8. The second-order valence-electron chi connectivity index (χ2n) is 10.6. The van der Waals surface area contributed by atoms with E-state index in [4.69, 9.17) is 19.4 Å². The zero-order valence-electron chi connectivity index (χ0n) is 22.7. The lowest BCUT2D eigenvalue weighted by atomic mass is 9.93. The van der Waals surface area contributed by atoms with Gasteiger partial charge < -0.3 is 19.1 Å². The van der Waals surface area contributed by atoms with E-state index in [-0.39, 0.29) is 30.0 Å². The fourth-order valence-corrected chi connectivity index (χ4v) is 6.25. The van der Waals surface area contributed by atoms with E-state index in [1.54, 1.807) is 24.3 Å². The molecule has 41 heavy (non-hydrogen) atoms. The normalized spacial score (nSPS) is 18.0. The summed E-state index contributed by atoms with van der Waals surface area (Å²) in [4.78, 5) is 35.8. The smallest absolute Gasteiger partial charge is 0.335 e. The number of carbonyl (C=O) groups excluding carboxylic acids is 1. The molecule has 6 rings (SSSR count). The number of halogens is 1. The van der Waals surface area contributed by atoms with Crippen molar-refractivity contribution in [3.63, 3.8) is 0 Å². The largest absolute Gasteiger partial charge is 0.478 e. The summed E-state index contributed by atoms with van der Waals surface area (Å²) in [7, 11) is 0. The van der Waals surface area contributed by atoms with Gasteiger partial charge in [-0.3, -0.25) is 9.69 Å². The number of piperidine rings is 1. The highest BCUT2D eigenvalue weighted by atomic mass is 32.1. The van der Waals surface area contributed by atoms with Crippen LogP contribution in [0.25, 0.3) is 11.0 Å². The molecule has 2 fully saturated rings. The molecule has 11 heteroatoms. The number of benzene rings is 1. The molecule has 0 spiro atoms. The third-order valence-electron chi connectivity index (χ3n) is 7.83. The molecule has 0 amide bonds. The number of aromatic nitrogens is 3. The quantitative estimate of drug-likeness (QED) is 0.253. The number of rotatable bonds is 10. The molecule has 0 saturated carbocycles. The molecular formula is C30H31FN4O5S. The number of carboxylic acids is 1. The molecule has 2 saturated heterocycles. The lowest BCUT2D eigenvalue weighted by Crippen LogP contribution is -2.35. The van der Waals surface area contributed by atoms with Gasteiger partial charge in [0.05, 0.1) is 45.5 Å². The van der Waals surface area contributed by atoms with Gasteiger partial charge in [0.15, 0.2) is 5.78 Å². The predicted octanol–water partition coefficient (Wildman–Crippen LogP) is 5.28. The van der Waals surface area contributed by atoms with Crippen LogP contribution in [0.3, 0.4) is 0 Å². The number of imidazole rings is 1. The van der Waals surface area contributed by atoms with Crippen LogP contribution in [0.4, 0.5) is 4.39 Å². The van der Waals surface area contributed by atoms with Crippen molar-refractivity contribution in [2.45, 2.75) is 57.9 Å². The molecule has 4 aromatic rings. The van der Waals surface area contributed by atoms with E-state index in [2.05, 4.69) is 9.47 Å². The summed E-state index contributed by atoms with van der Waals surface area (Å²) in [5.74, 6) is 0.0850. The first-order chi connectivity index (χ1) is 19.8. The lowest BCUT2D eigenvalue weighted by Gasteiger charge is -2.32. The summed E-state index contributed by atoms with van der Waals surface area (Å²) in [5, 5.41) is 9.49. The van der Waals surface area contributed by atoms with E-state index in [1.807, 2.05) is 12.1 Å². The number of carboxylic acid groups (broad SMARTS) is 1. The Kier molecular flexibility index (Phi) is 7.83. The van der Waals surface area contributed by atoms with Crippen molar-refractivity contribution in [1.29, 1.82) is 0 Å². The van der Waals surface area contributed by atoms with Crippen molar-refractivity contribution in [2.24, 2.45) is 0 Å². The number of pyridine rings is 1. The van der Waals surface area contributed by atoms with Crippen molar-refractivity contribution in [2.75, 3.05) is 19.7 Å². The summed E-state index contributed by atoms with van der Waals surface area (Å²) in [6, 6.07) is 12.0. The van der Waals surface area contributed by atoms with Gasteiger partial charge >= 0.3 is 5.97 Å². The maximum absolute atomic E-state index is 14.2. The molecule has 0 aliphatic carbocycles. The Bertz CT molecular complexity index is 1590. The Morgan fingerprint density at radius 2 is 1.95 bits per heavy atom. The van der Waals surface area contributed by atoms with E-state index in [9.17, 15) is 19.1 Å². The Hall–Kier alpha value is -3.67. The third-order valence-corrected chi connectivity index (χ3v) is 9.01. The van der Waals surface area contributed by atoms with Gasteiger partial charge in [-0.15, -0.1) is 11.3 Å². The average molecular weight is 579 g/mol. The zero-order valence-corrected chi connectivity index (χ0v) is 23.5. The molecule has 1 aromatic carbocycles. The maximum Gasteiger partial charge on any atom is 0.335 e. The number of hydrogen-bond donors (Lipinski definition) is 1. The molecule has 3 aromatic heterocycles. The van der Waals surface area contributed by atoms with Crippen molar-refractivity contribution in [3.8, 4) is 5.88 Å². The number of hydrogen-bond acceptors (Lipinski definition) is 8. The second-order valence-corrected chi connectivity index (χ2v) is 11.7. The zero-order chi connectivity index (χ0) is 28.5. The Balaban J connectivity index is 1.10.